The fourth-order valence-corrected chi connectivity index (χ4v) is 2.12. The molecule has 0 saturated carbocycles. The summed E-state index contributed by atoms with van der Waals surface area (Å²) in [6.45, 7) is 3.44. The van der Waals surface area contributed by atoms with Gasteiger partial charge in [-0.3, -0.25) is 0 Å². The van der Waals surface area contributed by atoms with Gasteiger partial charge in [0.2, 0.25) is 5.88 Å². The third kappa shape index (κ3) is 2.42. The number of halogens is 1. The highest BCUT2D eigenvalue weighted by atomic mass is 19.1. The van der Waals surface area contributed by atoms with Crippen molar-refractivity contribution in [2.45, 2.75) is 19.9 Å². The molecule has 1 aliphatic heterocycles. The summed E-state index contributed by atoms with van der Waals surface area (Å²) >= 11 is 0. The molecule has 0 atom stereocenters. The highest BCUT2D eigenvalue weighted by molar-refractivity contribution is 5.37. The first-order valence-corrected chi connectivity index (χ1v) is 6.21. The van der Waals surface area contributed by atoms with Gasteiger partial charge in [-0.25, -0.2) is 14.4 Å². The van der Waals surface area contributed by atoms with E-state index in [4.69, 9.17) is 4.74 Å². The number of hydrogen-bond acceptors (Lipinski definition) is 4. The average molecular weight is 259 g/mol. The molecule has 0 amide bonds. The molecule has 4 nitrogen and oxygen atoms in total. The van der Waals surface area contributed by atoms with Crippen LogP contribution in [0.5, 0.6) is 11.6 Å². The first kappa shape index (κ1) is 12.0. The molecule has 0 bridgehead atoms. The minimum atomic E-state index is -0.387. The molecule has 0 saturated heterocycles. The molecule has 0 spiro atoms. The molecule has 19 heavy (non-hydrogen) atoms. The van der Waals surface area contributed by atoms with Crippen molar-refractivity contribution in [2.24, 2.45) is 0 Å². The molecule has 98 valence electrons. The zero-order valence-electron chi connectivity index (χ0n) is 10.6. The van der Waals surface area contributed by atoms with Crippen molar-refractivity contribution in [1.82, 2.24) is 15.3 Å². The maximum absolute atomic E-state index is 13.7. The van der Waals surface area contributed by atoms with Gasteiger partial charge < -0.3 is 10.1 Å². The van der Waals surface area contributed by atoms with Crippen LogP contribution in [0.25, 0.3) is 0 Å². The molecule has 0 fully saturated rings. The van der Waals surface area contributed by atoms with Crippen LogP contribution in [0.1, 0.15) is 16.8 Å². The fourth-order valence-electron chi connectivity index (χ4n) is 2.12. The highest BCUT2D eigenvalue weighted by Gasteiger charge is 2.17. The number of nitrogens with zero attached hydrogens (tertiary/aromatic N) is 2. The lowest BCUT2D eigenvalue weighted by molar-refractivity contribution is 0.414. The van der Waals surface area contributed by atoms with Crippen LogP contribution in [0.2, 0.25) is 0 Å². The summed E-state index contributed by atoms with van der Waals surface area (Å²) in [7, 11) is 0. The second-order valence-electron chi connectivity index (χ2n) is 4.57. The predicted octanol–water partition coefficient (Wildman–Crippen LogP) is 2.36. The van der Waals surface area contributed by atoms with Crippen LogP contribution in [0, 0.1) is 12.7 Å². The van der Waals surface area contributed by atoms with E-state index in [-0.39, 0.29) is 11.6 Å². The normalized spacial score (nSPS) is 14.0. The summed E-state index contributed by atoms with van der Waals surface area (Å²) in [5, 5.41) is 3.24. The van der Waals surface area contributed by atoms with Gasteiger partial charge >= 0.3 is 0 Å². The zero-order valence-corrected chi connectivity index (χ0v) is 10.6. The summed E-state index contributed by atoms with van der Waals surface area (Å²) in [6.07, 6.45) is 2.30. The number of aromatic nitrogens is 2. The topological polar surface area (TPSA) is 47.0 Å². The smallest absolute Gasteiger partial charge is 0.227 e. The van der Waals surface area contributed by atoms with Gasteiger partial charge in [0, 0.05) is 19.5 Å². The Kier molecular flexibility index (Phi) is 3.13. The number of rotatable bonds is 2. The molecule has 1 aromatic heterocycles. The lowest BCUT2D eigenvalue weighted by Gasteiger charge is -2.18. The highest BCUT2D eigenvalue weighted by Crippen LogP contribution is 2.28. The standard InChI is InChI=1S/C14H14FN3O/c1-9-2-3-11(15)13(6-9)19-14-10-7-16-5-4-12(10)17-8-18-14/h2-3,6,8,16H,4-5,7H2,1H3. The Labute approximate surface area is 110 Å². The Morgan fingerprint density at radius 2 is 2.21 bits per heavy atom. The number of ether oxygens (including phenoxy) is 1. The van der Waals surface area contributed by atoms with E-state index in [1.807, 2.05) is 6.92 Å². The quantitative estimate of drug-likeness (QED) is 0.899. The van der Waals surface area contributed by atoms with Gasteiger partial charge in [0.25, 0.3) is 0 Å². The average Bonchev–Trinajstić information content (AvgIpc) is 2.43. The van der Waals surface area contributed by atoms with E-state index in [0.717, 1.165) is 29.8 Å². The minimum absolute atomic E-state index is 0.200. The van der Waals surface area contributed by atoms with E-state index in [0.29, 0.717) is 12.4 Å². The summed E-state index contributed by atoms with van der Waals surface area (Å²) in [5.74, 6) is 0.245. The van der Waals surface area contributed by atoms with Crippen LogP contribution in [0.4, 0.5) is 4.39 Å². The van der Waals surface area contributed by atoms with Gasteiger partial charge in [0.15, 0.2) is 11.6 Å². The summed E-state index contributed by atoms with van der Waals surface area (Å²) in [6, 6.07) is 4.77. The second kappa shape index (κ2) is 4.93. The van der Waals surface area contributed by atoms with E-state index in [2.05, 4.69) is 15.3 Å². The van der Waals surface area contributed by atoms with Crippen molar-refractivity contribution in [2.75, 3.05) is 6.54 Å². The molecule has 0 unspecified atom stereocenters. The second-order valence-corrected chi connectivity index (χ2v) is 4.57. The predicted molar refractivity (Wildman–Crippen MR) is 68.7 cm³/mol. The molecule has 1 aromatic carbocycles. The third-order valence-corrected chi connectivity index (χ3v) is 3.13. The Balaban J connectivity index is 1.97. The fraction of sp³-hybridized carbons (Fsp3) is 0.286. The summed E-state index contributed by atoms with van der Waals surface area (Å²) < 4.78 is 19.3. The molecule has 0 aliphatic carbocycles. The minimum Gasteiger partial charge on any atom is -0.435 e. The first-order valence-electron chi connectivity index (χ1n) is 6.21. The molecule has 5 heteroatoms. The maximum atomic E-state index is 13.7. The lowest BCUT2D eigenvalue weighted by Crippen LogP contribution is -2.25. The molecule has 3 rings (SSSR count). The first-order chi connectivity index (χ1) is 9.24. The molecular weight excluding hydrogens is 245 g/mol. The summed E-state index contributed by atoms with van der Waals surface area (Å²) in [5.41, 5.74) is 2.82. The van der Waals surface area contributed by atoms with Crippen LogP contribution in [0.15, 0.2) is 24.5 Å². The molecule has 2 heterocycles. The van der Waals surface area contributed by atoms with E-state index >= 15 is 0 Å². The Bertz CT molecular complexity index is 616. The number of hydrogen-bond donors (Lipinski definition) is 1. The van der Waals surface area contributed by atoms with Gasteiger partial charge in [-0.05, 0) is 24.6 Å². The Morgan fingerprint density at radius 1 is 1.32 bits per heavy atom. The van der Waals surface area contributed by atoms with Crippen LogP contribution in [0.3, 0.4) is 0 Å². The van der Waals surface area contributed by atoms with Crippen LogP contribution in [-0.2, 0) is 13.0 Å². The number of fused-ring (bicyclic) bond motifs is 1. The summed E-state index contributed by atoms with van der Waals surface area (Å²) in [4.78, 5) is 8.35. The molecule has 2 aromatic rings. The largest absolute Gasteiger partial charge is 0.435 e. The third-order valence-electron chi connectivity index (χ3n) is 3.13. The lowest BCUT2D eigenvalue weighted by atomic mass is 10.1. The Morgan fingerprint density at radius 3 is 3.11 bits per heavy atom. The van der Waals surface area contributed by atoms with Gasteiger partial charge in [-0.2, -0.15) is 0 Å². The van der Waals surface area contributed by atoms with Crippen molar-refractivity contribution >= 4 is 0 Å². The monoisotopic (exact) mass is 259 g/mol. The van der Waals surface area contributed by atoms with E-state index < -0.39 is 0 Å². The SMILES string of the molecule is Cc1ccc(F)c(Oc2ncnc3c2CNCC3)c1. The number of nitrogens with one attached hydrogen (secondary N) is 1. The van der Waals surface area contributed by atoms with Crippen LogP contribution >= 0.6 is 0 Å². The van der Waals surface area contributed by atoms with Crippen molar-refractivity contribution in [3.8, 4) is 11.6 Å². The van der Waals surface area contributed by atoms with Gasteiger partial charge in [-0.15, -0.1) is 0 Å². The molecule has 0 radical (unpaired) electrons. The Hall–Kier alpha value is -2.01. The van der Waals surface area contributed by atoms with Crippen molar-refractivity contribution in [1.29, 1.82) is 0 Å². The molecular formula is C14H14FN3O. The number of benzene rings is 1. The zero-order chi connectivity index (χ0) is 13.2. The molecule has 1 aliphatic rings. The van der Waals surface area contributed by atoms with Crippen molar-refractivity contribution in [3.05, 3.63) is 47.2 Å². The van der Waals surface area contributed by atoms with Crippen LogP contribution < -0.4 is 10.1 Å². The van der Waals surface area contributed by atoms with Gasteiger partial charge in [0.05, 0.1) is 11.3 Å². The van der Waals surface area contributed by atoms with E-state index in [1.54, 1.807) is 12.1 Å². The van der Waals surface area contributed by atoms with E-state index in [1.165, 1.54) is 12.4 Å². The molecule has 1 N–H and O–H groups in total. The van der Waals surface area contributed by atoms with Gasteiger partial charge in [0.1, 0.15) is 6.33 Å². The van der Waals surface area contributed by atoms with Gasteiger partial charge in [-0.1, -0.05) is 6.07 Å². The van der Waals surface area contributed by atoms with Crippen molar-refractivity contribution < 1.29 is 9.13 Å². The van der Waals surface area contributed by atoms with Crippen molar-refractivity contribution in [3.63, 3.8) is 0 Å². The van der Waals surface area contributed by atoms with Crippen LogP contribution in [-0.4, -0.2) is 16.5 Å². The maximum Gasteiger partial charge on any atom is 0.227 e. The van der Waals surface area contributed by atoms with E-state index in [9.17, 15) is 4.39 Å². The number of aryl methyl sites for hydroxylation is 1.